The number of hydrogen-bond acceptors (Lipinski definition) is 5. The van der Waals surface area contributed by atoms with Crippen molar-refractivity contribution in [1.29, 1.82) is 0 Å². The van der Waals surface area contributed by atoms with Gasteiger partial charge in [0.15, 0.2) is 11.5 Å². The molecule has 0 aliphatic heterocycles. The van der Waals surface area contributed by atoms with E-state index in [1.807, 2.05) is 0 Å². The highest BCUT2D eigenvalue weighted by Gasteiger charge is 2.30. The van der Waals surface area contributed by atoms with Crippen LogP contribution < -0.4 is 5.32 Å². The van der Waals surface area contributed by atoms with Gasteiger partial charge in [0.05, 0.1) is 0 Å². The van der Waals surface area contributed by atoms with Gasteiger partial charge in [0.25, 0.3) is 0 Å². The fourth-order valence-electron chi connectivity index (χ4n) is 6.01. The molecule has 0 aromatic carbocycles. The van der Waals surface area contributed by atoms with E-state index in [1.165, 1.54) is 70.6 Å². The summed E-state index contributed by atoms with van der Waals surface area (Å²) < 4.78 is 2.39. The predicted octanol–water partition coefficient (Wildman–Crippen LogP) is 5.75. The van der Waals surface area contributed by atoms with Gasteiger partial charge in [-0.25, -0.2) is 19.7 Å². The fourth-order valence-corrected chi connectivity index (χ4v) is 6.01. The molecule has 7 nitrogen and oxygen atoms in total. The van der Waals surface area contributed by atoms with Gasteiger partial charge in [0.1, 0.15) is 11.3 Å². The van der Waals surface area contributed by atoms with Crippen LogP contribution in [-0.4, -0.2) is 36.6 Å². The van der Waals surface area contributed by atoms with Crippen molar-refractivity contribution in [2.75, 3.05) is 5.32 Å². The first-order chi connectivity index (χ1) is 15.6. The molecule has 1 atom stereocenters. The SMILES string of the molecule is C[C@@H](Nc1nc(C(=O)O)nc2nc(C3CCCCC3)n(CC3CCCCC3)c12)C1CCC1. The van der Waals surface area contributed by atoms with Crippen LogP contribution in [0.2, 0.25) is 0 Å². The van der Waals surface area contributed by atoms with Crippen molar-refractivity contribution in [3.8, 4) is 0 Å². The topological polar surface area (TPSA) is 92.9 Å². The number of anilines is 1. The molecule has 0 radical (unpaired) electrons. The Hall–Kier alpha value is -2.18. The standard InChI is InChI=1S/C25H37N5O2/c1-16(18-13-8-14-18)26-21-20-22(28-23(27-21)25(31)32)29-24(19-11-6-3-7-12-19)30(20)15-17-9-4-2-5-10-17/h16-19H,2-15H2,1H3,(H,31,32)(H,26,27,28)/t16-/m1/s1. The Morgan fingerprint density at radius 1 is 0.969 bits per heavy atom. The maximum absolute atomic E-state index is 11.8. The van der Waals surface area contributed by atoms with Crippen LogP contribution >= 0.6 is 0 Å². The van der Waals surface area contributed by atoms with E-state index in [0.717, 1.165) is 30.7 Å². The molecular weight excluding hydrogens is 402 g/mol. The van der Waals surface area contributed by atoms with Gasteiger partial charge in [-0.2, -0.15) is 0 Å². The first-order valence-corrected chi connectivity index (χ1v) is 12.9. The Balaban J connectivity index is 1.59. The molecule has 5 rings (SSSR count). The molecule has 2 aromatic heterocycles. The second-order valence-electron chi connectivity index (χ2n) is 10.4. The summed E-state index contributed by atoms with van der Waals surface area (Å²) in [4.78, 5) is 25.7. The van der Waals surface area contributed by atoms with Gasteiger partial charge in [-0.3, -0.25) is 0 Å². The molecular formula is C25H37N5O2. The third-order valence-corrected chi connectivity index (χ3v) is 8.18. The van der Waals surface area contributed by atoms with Crippen molar-refractivity contribution in [1.82, 2.24) is 19.5 Å². The molecule has 2 N–H and O–H groups in total. The smallest absolute Gasteiger partial charge is 0.374 e. The first-order valence-electron chi connectivity index (χ1n) is 12.9. The minimum atomic E-state index is -1.09. The van der Waals surface area contributed by atoms with Crippen molar-refractivity contribution in [3.05, 3.63) is 11.6 Å². The van der Waals surface area contributed by atoms with E-state index in [2.05, 4.69) is 26.8 Å². The van der Waals surface area contributed by atoms with Crippen molar-refractivity contribution >= 4 is 23.0 Å². The number of nitrogens with zero attached hydrogens (tertiary/aromatic N) is 4. The minimum Gasteiger partial charge on any atom is -0.475 e. The molecule has 0 amide bonds. The number of carboxylic acids is 1. The van der Waals surface area contributed by atoms with Crippen LogP contribution in [-0.2, 0) is 6.54 Å². The van der Waals surface area contributed by atoms with Crippen molar-refractivity contribution in [3.63, 3.8) is 0 Å². The summed E-state index contributed by atoms with van der Waals surface area (Å²) in [6.07, 6.45) is 16.3. The number of aromatic carboxylic acids is 1. The zero-order valence-electron chi connectivity index (χ0n) is 19.4. The van der Waals surface area contributed by atoms with Crippen LogP contribution in [0.25, 0.3) is 11.2 Å². The van der Waals surface area contributed by atoms with E-state index in [9.17, 15) is 9.90 Å². The molecule has 0 saturated heterocycles. The Morgan fingerprint density at radius 2 is 1.66 bits per heavy atom. The maximum Gasteiger partial charge on any atom is 0.374 e. The largest absolute Gasteiger partial charge is 0.475 e. The average molecular weight is 440 g/mol. The lowest BCUT2D eigenvalue weighted by Gasteiger charge is -2.32. The molecule has 3 fully saturated rings. The van der Waals surface area contributed by atoms with Gasteiger partial charge < -0.3 is 15.0 Å². The van der Waals surface area contributed by atoms with Gasteiger partial charge in [-0.15, -0.1) is 0 Å². The molecule has 2 heterocycles. The van der Waals surface area contributed by atoms with Crippen LogP contribution in [0.4, 0.5) is 5.82 Å². The lowest BCUT2D eigenvalue weighted by atomic mass is 9.80. The van der Waals surface area contributed by atoms with E-state index in [4.69, 9.17) is 4.98 Å². The average Bonchev–Trinajstić information content (AvgIpc) is 3.12. The monoisotopic (exact) mass is 439 g/mol. The summed E-state index contributed by atoms with van der Waals surface area (Å²) in [6.45, 7) is 3.15. The number of nitrogens with one attached hydrogen (secondary N) is 1. The quantitative estimate of drug-likeness (QED) is 0.570. The third kappa shape index (κ3) is 4.35. The lowest BCUT2D eigenvalue weighted by Crippen LogP contribution is -2.31. The molecule has 0 bridgehead atoms. The summed E-state index contributed by atoms with van der Waals surface area (Å²) in [7, 11) is 0. The highest BCUT2D eigenvalue weighted by Crippen LogP contribution is 2.38. The molecule has 32 heavy (non-hydrogen) atoms. The lowest BCUT2D eigenvalue weighted by molar-refractivity contribution is 0.0684. The van der Waals surface area contributed by atoms with Gasteiger partial charge >= 0.3 is 5.97 Å². The maximum atomic E-state index is 11.8. The van der Waals surface area contributed by atoms with Gasteiger partial charge in [-0.1, -0.05) is 44.9 Å². The van der Waals surface area contributed by atoms with Crippen LogP contribution in [0.5, 0.6) is 0 Å². The van der Waals surface area contributed by atoms with Crippen LogP contribution in [0.3, 0.4) is 0 Å². The Bertz CT molecular complexity index is 955. The van der Waals surface area contributed by atoms with Crippen LogP contribution in [0, 0.1) is 11.8 Å². The highest BCUT2D eigenvalue weighted by molar-refractivity contribution is 5.90. The second kappa shape index (κ2) is 9.36. The summed E-state index contributed by atoms with van der Waals surface area (Å²) in [5.41, 5.74) is 1.48. The second-order valence-corrected chi connectivity index (χ2v) is 10.4. The Morgan fingerprint density at radius 3 is 2.28 bits per heavy atom. The van der Waals surface area contributed by atoms with E-state index in [-0.39, 0.29) is 11.9 Å². The predicted molar refractivity (Wildman–Crippen MR) is 125 cm³/mol. The molecule has 3 aliphatic rings. The van der Waals surface area contributed by atoms with Crippen molar-refractivity contribution in [2.24, 2.45) is 11.8 Å². The minimum absolute atomic E-state index is 0.154. The van der Waals surface area contributed by atoms with Gasteiger partial charge in [0.2, 0.25) is 5.82 Å². The molecule has 3 aliphatic carbocycles. The molecule has 7 heteroatoms. The summed E-state index contributed by atoms with van der Waals surface area (Å²) in [5, 5.41) is 13.3. The van der Waals surface area contributed by atoms with E-state index >= 15 is 0 Å². The van der Waals surface area contributed by atoms with Gasteiger partial charge in [-0.05, 0) is 57.3 Å². The third-order valence-electron chi connectivity index (χ3n) is 8.18. The van der Waals surface area contributed by atoms with E-state index in [0.29, 0.717) is 29.2 Å². The van der Waals surface area contributed by atoms with E-state index < -0.39 is 5.97 Å². The highest BCUT2D eigenvalue weighted by atomic mass is 16.4. The number of rotatable bonds is 7. The molecule has 174 valence electrons. The van der Waals surface area contributed by atoms with Crippen LogP contribution in [0.15, 0.2) is 0 Å². The number of aromatic nitrogens is 4. The molecule has 0 spiro atoms. The number of carbonyl (C=O) groups is 1. The van der Waals surface area contributed by atoms with Crippen molar-refractivity contribution in [2.45, 2.75) is 109 Å². The summed E-state index contributed by atoms with van der Waals surface area (Å²) >= 11 is 0. The van der Waals surface area contributed by atoms with Gasteiger partial charge in [0, 0.05) is 18.5 Å². The van der Waals surface area contributed by atoms with Crippen LogP contribution in [0.1, 0.15) is 113 Å². The molecule has 3 saturated carbocycles. The van der Waals surface area contributed by atoms with E-state index in [1.54, 1.807) is 0 Å². The molecule has 0 unspecified atom stereocenters. The number of fused-ring (bicyclic) bond motifs is 1. The zero-order chi connectivity index (χ0) is 22.1. The zero-order valence-corrected chi connectivity index (χ0v) is 19.4. The first kappa shape index (κ1) is 21.7. The summed E-state index contributed by atoms with van der Waals surface area (Å²) in [5.74, 6) is 2.25. The number of hydrogen-bond donors (Lipinski definition) is 2. The Kier molecular flexibility index (Phi) is 6.33. The number of imidazole rings is 1. The molecule has 2 aromatic rings. The fraction of sp³-hybridized carbons (Fsp3) is 0.760. The normalized spacial score (nSPS) is 22.0. The van der Waals surface area contributed by atoms with Crippen molar-refractivity contribution < 1.29 is 9.90 Å². The Labute approximate surface area is 190 Å². The summed E-state index contributed by atoms with van der Waals surface area (Å²) in [6, 6.07) is 0.264. The number of carboxylic acid groups (broad SMARTS) is 1.